The summed E-state index contributed by atoms with van der Waals surface area (Å²) in [5, 5.41) is 11.7. The van der Waals surface area contributed by atoms with E-state index in [1.54, 1.807) is 42.1 Å². The molecule has 2 aromatic heterocycles. The largest absolute Gasteiger partial charge is 0.344 e. The van der Waals surface area contributed by atoms with E-state index in [4.69, 9.17) is 27.7 Å². The highest BCUT2D eigenvalue weighted by molar-refractivity contribution is 6.30. The second-order valence-corrected chi connectivity index (χ2v) is 7.24. The lowest BCUT2D eigenvalue weighted by Crippen LogP contribution is -2.23. The predicted octanol–water partition coefficient (Wildman–Crippen LogP) is 4.61. The monoisotopic (exact) mass is 445 g/mol. The Hall–Kier alpha value is -3.23. The van der Waals surface area contributed by atoms with Crippen molar-refractivity contribution in [1.29, 1.82) is 0 Å². The zero-order valence-electron chi connectivity index (χ0n) is 15.6. The van der Waals surface area contributed by atoms with E-state index in [9.17, 15) is 9.18 Å². The molecule has 0 saturated heterocycles. The van der Waals surface area contributed by atoms with Gasteiger partial charge in [-0.15, -0.1) is 0 Å². The fourth-order valence-corrected chi connectivity index (χ4v) is 3.05. The van der Waals surface area contributed by atoms with Crippen molar-refractivity contribution in [3.05, 3.63) is 81.6 Å². The van der Waals surface area contributed by atoms with E-state index >= 15 is 0 Å². The zero-order valence-corrected chi connectivity index (χ0v) is 17.1. The topological polar surface area (TPSA) is 85.8 Å². The van der Waals surface area contributed by atoms with E-state index in [2.05, 4.69) is 20.6 Å². The number of hydrogen-bond acceptors (Lipinski definition) is 5. The van der Waals surface area contributed by atoms with Crippen LogP contribution in [0.15, 0.2) is 53.2 Å². The third-order valence-electron chi connectivity index (χ3n) is 4.27. The van der Waals surface area contributed by atoms with Gasteiger partial charge in [0.05, 0.1) is 29.1 Å². The number of benzene rings is 2. The molecule has 10 heteroatoms. The van der Waals surface area contributed by atoms with Gasteiger partial charge in [0.25, 0.3) is 11.8 Å². The summed E-state index contributed by atoms with van der Waals surface area (Å²) < 4.78 is 20.7. The second-order valence-electron chi connectivity index (χ2n) is 6.37. The number of amides is 1. The molecule has 0 unspecified atom stereocenters. The maximum atomic E-state index is 14.0. The molecule has 4 rings (SSSR count). The maximum absolute atomic E-state index is 14.0. The molecule has 152 valence electrons. The minimum atomic E-state index is -0.577. The number of aryl methyl sites for hydroxylation is 1. The molecule has 0 bridgehead atoms. The van der Waals surface area contributed by atoms with E-state index in [-0.39, 0.29) is 34.8 Å². The smallest absolute Gasteiger partial charge is 0.260 e. The molecule has 2 heterocycles. The average molecular weight is 446 g/mol. The van der Waals surface area contributed by atoms with Crippen molar-refractivity contribution in [3.8, 4) is 17.1 Å². The van der Waals surface area contributed by atoms with Gasteiger partial charge in [-0.25, -0.2) is 9.07 Å². The molecule has 0 atom stereocenters. The minimum absolute atomic E-state index is 0.000143. The number of aromatic nitrogens is 4. The minimum Gasteiger partial charge on any atom is -0.344 e. The molecular weight excluding hydrogens is 432 g/mol. The summed E-state index contributed by atoms with van der Waals surface area (Å²) in [5.41, 5.74) is 1.86. The first-order valence-corrected chi connectivity index (χ1v) is 9.55. The van der Waals surface area contributed by atoms with Gasteiger partial charge >= 0.3 is 0 Å². The van der Waals surface area contributed by atoms with Crippen LogP contribution in [0.2, 0.25) is 10.0 Å². The number of carbonyl (C=O) groups is 1. The molecule has 30 heavy (non-hydrogen) atoms. The number of nitrogens with zero attached hydrogens (tertiary/aromatic N) is 4. The van der Waals surface area contributed by atoms with E-state index in [0.717, 1.165) is 11.8 Å². The van der Waals surface area contributed by atoms with Gasteiger partial charge in [0.1, 0.15) is 5.82 Å². The summed E-state index contributed by atoms with van der Waals surface area (Å²) in [7, 11) is 0. The Bertz CT molecular complexity index is 1220. The average Bonchev–Trinajstić information content (AvgIpc) is 3.33. The van der Waals surface area contributed by atoms with Gasteiger partial charge in [-0.05, 0) is 49.4 Å². The molecule has 1 N–H and O–H groups in total. The Labute approximate surface area is 180 Å². The Balaban J connectivity index is 1.45. The molecule has 0 aliphatic carbocycles. The lowest BCUT2D eigenvalue weighted by Gasteiger charge is -2.01. The van der Waals surface area contributed by atoms with Crippen LogP contribution in [0.5, 0.6) is 0 Å². The number of nitrogens with one attached hydrogen (secondary N) is 1. The molecule has 0 saturated carbocycles. The van der Waals surface area contributed by atoms with Crippen molar-refractivity contribution in [2.75, 3.05) is 0 Å². The Morgan fingerprint density at radius 3 is 2.63 bits per heavy atom. The quantitative estimate of drug-likeness (QED) is 0.484. The first-order chi connectivity index (χ1) is 14.4. The van der Waals surface area contributed by atoms with E-state index in [1.807, 2.05) is 0 Å². The van der Waals surface area contributed by atoms with Crippen molar-refractivity contribution in [3.63, 3.8) is 0 Å². The zero-order chi connectivity index (χ0) is 21.3. The highest BCUT2D eigenvalue weighted by atomic mass is 35.5. The normalized spacial score (nSPS) is 10.9. The van der Waals surface area contributed by atoms with Crippen LogP contribution in [-0.2, 0) is 6.54 Å². The van der Waals surface area contributed by atoms with Crippen LogP contribution in [0.25, 0.3) is 17.1 Å². The molecule has 2 aromatic carbocycles. The van der Waals surface area contributed by atoms with Crippen LogP contribution in [0.1, 0.15) is 21.9 Å². The number of carbonyl (C=O) groups excluding carboxylic acids is 1. The van der Waals surface area contributed by atoms with Crippen LogP contribution in [0.3, 0.4) is 0 Å². The van der Waals surface area contributed by atoms with Crippen LogP contribution in [-0.4, -0.2) is 25.8 Å². The van der Waals surface area contributed by atoms with Crippen LogP contribution >= 0.6 is 23.2 Å². The summed E-state index contributed by atoms with van der Waals surface area (Å²) in [6.45, 7) is 1.74. The lowest BCUT2D eigenvalue weighted by molar-refractivity contribution is 0.0949. The molecule has 0 aliphatic heterocycles. The van der Waals surface area contributed by atoms with Gasteiger partial charge in [-0.1, -0.05) is 28.4 Å². The third-order valence-corrected chi connectivity index (χ3v) is 4.76. The SMILES string of the molecule is Cc1nn(-c2ccc(Cl)cc2)cc1C(=O)NCc1noc(-c2ccc(Cl)cc2F)n1. The molecule has 4 aromatic rings. The number of halogens is 3. The predicted molar refractivity (Wildman–Crippen MR) is 109 cm³/mol. The van der Waals surface area contributed by atoms with Crippen LogP contribution in [0, 0.1) is 12.7 Å². The Morgan fingerprint density at radius 2 is 1.90 bits per heavy atom. The van der Waals surface area contributed by atoms with Crippen molar-refractivity contribution in [2.24, 2.45) is 0 Å². The fourth-order valence-electron chi connectivity index (χ4n) is 2.76. The van der Waals surface area contributed by atoms with Crippen LogP contribution < -0.4 is 5.32 Å². The summed E-state index contributed by atoms with van der Waals surface area (Å²) in [6.07, 6.45) is 1.62. The van der Waals surface area contributed by atoms with Crippen LogP contribution in [0.4, 0.5) is 4.39 Å². The Morgan fingerprint density at radius 1 is 1.17 bits per heavy atom. The highest BCUT2D eigenvalue weighted by Crippen LogP contribution is 2.24. The van der Waals surface area contributed by atoms with E-state index in [1.165, 1.54) is 12.1 Å². The van der Waals surface area contributed by atoms with Crippen molar-refractivity contribution in [1.82, 2.24) is 25.2 Å². The van der Waals surface area contributed by atoms with Gasteiger partial charge in [0, 0.05) is 16.2 Å². The lowest BCUT2D eigenvalue weighted by atomic mass is 10.2. The molecular formula is C20H14Cl2FN5O2. The van der Waals surface area contributed by atoms with Gasteiger partial charge in [-0.2, -0.15) is 10.1 Å². The molecule has 1 amide bonds. The molecule has 0 radical (unpaired) electrons. The van der Waals surface area contributed by atoms with Gasteiger partial charge in [0.15, 0.2) is 5.82 Å². The van der Waals surface area contributed by atoms with E-state index < -0.39 is 5.82 Å². The number of hydrogen-bond donors (Lipinski definition) is 1. The van der Waals surface area contributed by atoms with Gasteiger partial charge < -0.3 is 9.84 Å². The summed E-state index contributed by atoms with van der Waals surface area (Å²) in [4.78, 5) is 16.7. The van der Waals surface area contributed by atoms with Gasteiger partial charge in [0.2, 0.25) is 0 Å². The number of rotatable bonds is 5. The molecule has 0 fully saturated rings. The Kier molecular flexibility index (Phi) is 5.52. The fraction of sp³-hybridized carbons (Fsp3) is 0.100. The van der Waals surface area contributed by atoms with E-state index in [0.29, 0.717) is 16.3 Å². The molecule has 0 aliphatic rings. The summed E-state index contributed by atoms with van der Waals surface area (Å²) >= 11 is 11.6. The van der Waals surface area contributed by atoms with Gasteiger partial charge in [-0.3, -0.25) is 4.79 Å². The molecule has 0 spiro atoms. The van der Waals surface area contributed by atoms with Crippen molar-refractivity contribution < 1.29 is 13.7 Å². The van der Waals surface area contributed by atoms with Crippen molar-refractivity contribution in [2.45, 2.75) is 13.5 Å². The highest BCUT2D eigenvalue weighted by Gasteiger charge is 2.17. The first-order valence-electron chi connectivity index (χ1n) is 8.79. The third kappa shape index (κ3) is 4.19. The summed E-state index contributed by atoms with van der Waals surface area (Å²) in [5.74, 6) is -0.723. The molecule has 7 nitrogen and oxygen atoms in total. The summed E-state index contributed by atoms with van der Waals surface area (Å²) in [6, 6.07) is 11.2. The first kappa shape index (κ1) is 20.1. The maximum Gasteiger partial charge on any atom is 0.260 e. The standard InChI is InChI=1S/C20H14Cl2FN5O2/c1-11-16(10-28(26-11)14-5-2-12(21)3-6-14)19(29)24-9-18-25-20(30-27-18)15-7-4-13(22)8-17(15)23/h2-8,10H,9H2,1H3,(H,24,29). The second kappa shape index (κ2) is 8.25. The van der Waals surface area contributed by atoms with Crippen molar-refractivity contribution >= 4 is 29.1 Å².